The average Bonchev–Trinajstić information content (AvgIpc) is 2.25. The molecule has 1 aromatic rings. The van der Waals surface area contributed by atoms with Crippen molar-refractivity contribution in [2.24, 2.45) is 0 Å². The Morgan fingerprint density at radius 2 is 2.06 bits per heavy atom. The molecule has 1 rings (SSSR count). The van der Waals surface area contributed by atoms with Crippen LogP contribution in [-0.2, 0) is 9.84 Å². The monoisotopic (exact) mass is 257 g/mol. The van der Waals surface area contributed by atoms with Crippen LogP contribution >= 0.6 is 0 Å². The minimum Gasteiger partial charge on any atom is -0.307 e. The van der Waals surface area contributed by atoms with Crippen LogP contribution in [0.4, 0.5) is 0 Å². The first-order valence-corrected chi connectivity index (χ1v) is 7.32. The third kappa shape index (κ3) is 3.74. The van der Waals surface area contributed by atoms with Crippen molar-refractivity contribution in [2.75, 3.05) is 12.8 Å². The summed E-state index contributed by atoms with van der Waals surface area (Å²) in [4.78, 5) is 8.15. The highest BCUT2D eigenvalue weighted by molar-refractivity contribution is 7.92. The molecule has 0 amide bonds. The molecule has 0 bridgehead atoms. The summed E-state index contributed by atoms with van der Waals surface area (Å²) in [5.74, 6) is 0. The predicted octanol–water partition coefficient (Wildman–Crippen LogP) is 0.950. The van der Waals surface area contributed by atoms with Gasteiger partial charge in [0.25, 0.3) is 0 Å². The highest BCUT2D eigenvalue weighted by Crippen LogP contribution is 2.16. The van der Waals surface area contributed by atoms with E-state index in [0.717, 1.165) is 5.69 Å². The van der Waals surface area contributed by atoms with Crippen molar-refractivity contribution in [2.45, 2.75) is 31.6 Å². The van der Waals surface area contributed by atoms with Gasteiger partial charge in [-0.15, -0.1) is 0 Å². The highest BCUT2D eigenvalue weighted by atomic mass is 32.2. The Morgan fingerprint density at radius 3 is 2.53 bits per heavy atom. The lowest BCUT2D eigenvalue weighted by atomic mass is 10.2. The molecule has 0 saturated carbocycles. The second-order valence-electron chi connectivity index (χ2n) is 4.76. The number of nitrogens with zero attached hydrogens (tertiary/aromatic N) is 2. The van der Waals surface area contributed by atoms with E-state index >= 15 is 0 Å². The molecular weight excluding hydrogens is 238 g/mol. The van der Waals surface area contributed by atoms with Gasteiger partial charge >= 0.3 is 0 Å². The van der Waals surface area contributed by atoms with Gasteiger partial charge in [-0.2, -0.15) is 0 Å². The van der Waals surface area contributed by atoms with Crippen LogP contribution in [-0.4, -0.2) is 35.9 Å². The van der Waals surface area contributed by atoms with Crippen LogP contribution < -0.4 is 5.32 Å². The van der Waals surface area contributed by atoms with Crippen LogP contribution in [0.5, 0.6) is 0 Å². The van der Waals surface area contributed by atoms with Crippen molar-refractivity contribution in [3.8, 4) is 0 Å². The van der Waals surface area contributed by atoms with Crippen LogP contribution in [0.2, 0.25) is 0 Å². The molecule has 0 radical (unpaired) electrons. The zero-order valence-corrected chi connectivity index (χ0v) is 11.5. The van der Waals surface area contributed by atoms with Gasteiger partial charge in [0.15, 0.2) is 9.84 Å². The fourth-order valence-corrected chi connectivity index (χ4v) is 1.51. The van der Waals surface area contributed by atoms with Gasteiger partial charge < -0.3 is 5.32 Å². The van der Waals surface area contributed by atoms with Gasteiger partial charge in [-0.3, -0.25) is 9.97 Å². The molecule has 0 spiro atoms. The Labute approximate surface area is 103 Å². The van der Waals surface area contributed by atoms with E-state index in [2.05, 4.69) is 15.3 Å². The molecule has 6 heteroatoms. The standard InChI is InChI=1S/C11H19N3O2S/c1-9(10-7-12-5-6-13-10)14-8-11(2,3)17(4,15)16/h5-7,9,14H,8H2,1-4H3. The van der Waals surface area contributed by atoms with Gasteiger partial charge in [0.1, 0.15) is 0 Å². The van der Waals surface area contributed by atoms with E-state index < -0.39 is 14.6 Å². The summed E-state index contributed by atoms with van der Waals surface area (Å²) in [5, 5.41) is 3.16. The maximum absolute atomic E-state index is 11.5. The molecule has 1 atom stereocenters. The minimum atomic E-state index is -3.08. The maximum Gasteiger partial charge on any atom is 0.153 e. The smallest absolute Gasteiger partial charge is 0.153 e. The largest absolute Gasteiger partial charge is 0.307 e. The van der Waals surface area contributed by atoms with E-state index in [1.54, 1.807) is 32.4 Å². The minimum absolute atomic E-state index is 0.0234. The first kappa shape index (κ1) is 14.1. The van der Waals surface area contributed by atoms with E-state index in [1.165, 1.54) is 6.26 Å². The molecule has 0 aliphatic carbocycles. The fraction of sp³-hybridized carbons (Fsp3) is 0.636. The quantitative estimate of drug-likeness (QED) is 0.850. The molecule has 96 valence electrons. The number of sulfone groups is 1. The molecular formula is C11H19N3O2S. The summed E-state index contributed by atoms with van der Waals surface area (Å²) in [7, 11) is -3.08. The Kier molecular flexibility index (Phi) is 4.21. The van der Waals surface area contributed by atoms with Crippen LogP contribution in [0, 0.1) is 0 Å². The molecule has 0 aliphatic rings. The predicted molar refractivity (Wildman–Crippen MR) is 67.4 cm³/mol. The number of hydrogen-bond acceptors (Lipinski definition) is 5. The third-order valence-electron chi connectivity index (χ3n) is 2.86. The van der Waals surface area contributed by atoms with Crippen molar-refractivity contribution in [1.82, 2.24) is 15.3 Å². The Hall–Kier alpha value is -1.01. The molecule has 1 aromatic heterocycles. The van der Waals surface area contributed by atoms with E-state index in [9.17, 15) is 8.42 Å². The van der Waals surface area contributed by atoms with Crippen LogP contribution in [0.1, 0.15) is 32.5 Å². The van der Waals surface area contributed by atoms with Gasteiger partial charge in [-0.25, -0.2) is 8.42 Å². The summed E-state index contributed by atoms with van der Waals surface area (Å²) in [5.41, 5.74) is 0.803. The van der Waals surface area contributed by atoms with E-state index in [4.69, 9.17) is 0 Å². The third-order valence-corrected chi connectivity index (χ3v) is 5.02. The lowest BCUT2D eigenvalue weighted by Crippen LogP contribution is -2.42. The molecule has 1 N–H and O–H groups in total. The molecule has 0 aromatic carbocycles. The number of nitrogens with one attached hydrogen (secondary N) is 1. The van der Waals surface area contributed by atoms with E-state index in [0.29, 0.717) is 6.54 Å². The van der Waals surface area contributed by atoms with Gasteiger partial charge in [0, 0.05) is 37.4 Å². The van der Waals surface area contributed by atoms with E-state index in [1.807, 2.05) is 6.92 Å². The first-order valence-electron chi connectivity index (χ1n) is 5.43. The van der Waals surface area contributed by atoms with Crippen LogP contribution in [0.3, 0.4) is 0 Å². The van der Waals surface area contributed by atoms with Crippen molar-refractivity contribution >= 4 is 9.84 Å². The van der Waals surface area contributed by atoms with Gasteiger partial charge in [-0.05, 0) is 20.8 Å². The molecule has 17 heavy (non-hydrogen) atoms. The summed E-state index contributed by atoms with van der Waals surface area (Å²) in [6, 6.07) is -0.0234. The summed E-state index contributed by atoms with van der Waals surface area (Å²) in [6.45, 7) is 5.73. The zero-order chi connectivity index (χ0) is 13.1. The topological polar surface area (TPSA) is 72.0 Å². The molecule has 1 unspecified atom stereocenters. The lowest BCUT2D eigenvalue weighted by Gasteiger charge is -2.25. The normalized spacial score (nSPS) is 14.6. The van der Waals surface area contributed by atoms with Crippen LogP contribution in [0.15, 0.2) is 18.6 Å². The highest BCUT2D eigenvalue weighted by Gasteiger charge is 2.30. The Balaban J connectivity index is 2.64. The number of hydrogen-bond donors (Lipinski definition) is 1. The molecule has 0 aliphatic heterocycles. The molecule has 0 fully saturated rings. The van der Waals surface area contributed by atoms with Gasteiger partial charge in [-0.1, -0.05) is 0 Å². The Morgan fingerprint density at radius 1 is 1.41 bits per heavy atom. The number of rotatable bonds is 5. The van der Waals surface area contributed by atoms with Crippen molar-refractivity contribution < 1.29 is 8.42 Å². The Bertz CT molecular complexity index is 457. The van der Waals surface area contributed by atoms with E-state index in [-0.39, 0.29) is 6.04 Å². The lowest BCUT2D eigenvalue weighted by molar-refractivity contribution is 0.483. The first-order chi connectivity index (χ1) is 7.74. The summed E-state index contributed by atoms with van der Waals surface area (Å²) >= 11 is 0. The van der Waals surface area contributed by atoms with Crippen LogP contribution in [0.25, 0.3) is 0 Å². The molecule has 1 heterocycles. The fourth-order valence-electron chi connectivity index (χ4n) is 1.17. The summed E-state index contributed by atoms with van der Waals surface area (Å²) in [6.07, 6.45) is 6.15. The summed E-state index contributed by atoms with van der Waals surface area (Å²) < 4.78 is 22.3. The van der Waals surface area contributed by atoms with Crippen molar-refractivity contribution in [3.63, 3.8) is 0 Å². The molecule has 0 saturated heterocycles. The van der Waals surface area contributed by atoms with Crippen molar-refractivity contribution in [1.29, 1.82) is 0 Å². The van der Waals surface area contributed by atoms with Gasteiger partial charge in [0.2, 0.25) is 0 Å². The van der Waals surface area contributed by atoms with Crippen molar-refractivity contribution in [3.05, 3.63) is 24.3 Å². The number of aromatic nitrogens is 2. The maximum atomic E-state index is 11.5. The molecule has 5 nitrogen and oxygen atoms in total. The van der Waals surface area contributed by atoms with Gasteiger partial charge in [0.05, 0.1) is 10.4 Å². The second kappa shape index (κ2) is 5.10. The second-order valence-corrected chi connectivity index (χ2v) is 7.41. The zero-order valence-electron chi connectivity index (χ0n) is 10.6. The SMILES string of the molecule is CC(NCC(C)(C)S(C)(=O)=O)c1cnccn1. The average molecular weight is 257 g/mol.